The van der Waals surface area contributed by atoms with Crippen LogP contribution in [0.5, 0.6) is 5.75 Å². The minimum atomic E-state index is -0.553. The summed E-state index contributed by atoms with van der Waals surface area (Å²) in [5.74, 6) is 0.245. The Kier molecular flexibility index (Phi) is 4.26. The van der Waals surface area contributed by atoms with Crippen molar-refractivity contribution >= 4 is 40.6 Å². The summed E-state index contributed by atoms with van der Waals surface area (Å²) in [5, 5.41) is 3.25. The molecule has 2 aromatic rings. The first-order valence-electron chi connectivity index (χ1n) is 5.44. The van der Waals surface area contributed by atoms with Gasteiger partial charge < -0.3 is 15.8 Å². The molecule has 8 heteroatoms. The number of hydrogen-bond donors (Lipinski definition) is 2. The molecule has 0 fully saturated rings. The van der Waals surface area contributed by atoms with Gasteiger partial charge in [-0.3, -0.25) is 4.79 Å². The molecule has 3 N–H and O–H groups in total. The van der Waals surface area contributed by atoms with Crippen molar-refractivity contribution in [3.63, 3.8) is 0 Å². The highest BCUT2D eigenvalue weighted by Gasteiger charge is 2.11. The van der Waals surface area contributed by atoms with E-state index in [4.69, 9.17) is 33.7 Å². The van der Waals surface area contributed by atoms with Crippen molar-refractivity contribution in [2.45, 2.75) is 0 Å². The first-order valence-corrected chi connectivity index (χ1v) is 6.19. The second-order valence-electron chi connectivity index (χ2n) is 3.74. The Hall–Kier alpha value is -2.05. The third-order valence-corrected chi connectivity index (χ3v) is 2.91. The number of nitrogens with two attached hydrogens (primary N) is 1. The van der Waals surface area contributed by atoms with Gasteiger partial charge in [-0.15, -0.1) is 0 Å². The predicted molar refractivity (Wildman–Crippen MR) is 76.8 cm³/mol. The fourth-order valence-corrected chi connectivity index (χ4v) is 1.79. The van der Waals surface area contributed by atoms with Crippen molar-refractivity contribution in [1.82, 2.24) is 9.97 Å². The number of hydrogen-bond acceptors (Lipinski definition) is 5. The van der Waals surface area contributed by atoms with Crippen LogP contribution >= 0.6 is 23.2 Å². The second-order valence-corrected chi connectivity index (χ2v) is 4.49. The molecule has 0 saturated heterocycles. The van der Waals surface area contributed by atoms with Crippen LogP contribution in [-0.4, -0.2) is 23.0 Å². The monoisotopic (exact) mass is 312 g/mol. The van der Waals surface area contributed by atoms with Gasteiger partial charge in [0.05, 0.1) is 19.0 Å². The van der Waals surface area contributed by atoms with Crippen molar-refractivity contribution in [2.75, 3.05) is 12.4 Å². The molecule has 0 saturated carbocycles. The largest absolute Gasteiger partial charge is 0.495 e. The van der Waals surface area contributed by atoms with Crippen molar-refractivity contribution in [2.24, 2.45) is 5.73 Å². The lowest BCUT2D eigenvalue weighted by Crippen LogP contribution is -2.11. The lowest BCUT2D eigenvalue weighted by molar-refractivity contribution is 0.100. The predicted octanol–water partition coefficient (Wildman–Crippen LogP) is 2.63. The second kappa shape index (κ2) is 5.94. The quantitative estimate of drug-likeness (QED) is 0.847. The molecule has 0 bridgehead atoms. The summed E-state index contributed by atoms with van der Waals surface area (Å²) in [6.07, 6.45) is 1.36. The number of halogens is 2. The summed E-state index contributed by atoms with van der Waals surface area (Å²) in [7, 11) is 1.50. The number of nitrogens with zero attached hydrogens (tertiary/aromatic N) is 2. The van der Waals surface area contributed by atoms with E-state index in [1.54, 1.807) is 12.1 Å². The number of ether oxygens (including phenoxy) is 1. The number of methoxy groups -OCH3 is 1. The minimum absolute atomic E-state index is 0.0434. The standard InChI is InChI=1S/C12H10Cl2N4O2/c1-20-9-3-2-6(10(15)19)4-8(9)17-11-7(13)5-16-12(14)18-11/h2-5H,1H3,(H2,15,19)(H,16,17,18). The van der Waals surface area contributed by atoms with Gasteiger partial charge in [-0.25, -0.2) is 4.98 Å². The van der Waals surface area contributed by atoms with Crippen LogP contribution in [0.3, 0.4) is 0 Å². The van der Waals surface area contributed by atoms with Crippen LogP contribution in [0, 0.1) is 0 Å². The molecule has 1 aromatic carbocycles. The van der Waals surface area contributed by atoms with Crippen LogP contribution in [0.1, 0.15) is 10.4 Å². The molecule has 1 heterocycles. The molecular formula is C12H10Cl2N4O2. The molecule has 6 nitrogen and oxygen atoms in total. The van der Waals surface area contributed by atoms with E-state index in [1.807, 2.05) is 0 Å². The highest BCUT2D eigenvalue weighted by Crippen LogP contribution is 2.30. The number of amides is 1. The molecular weight excluding hydrogens is 303 g/mol. The number of carbonyl (C=O) groups excluding carboxylic acids is 1. The Morgan fingerprint density at radius 2 is 2.15 bits per heavy atom. The first kappa shape index (κ1) is 14.4. The number of rotatable bonds is 4. The van der Waals surface area contributed by atoms with Gasteiger partial charge in [-0.05, 0) is 29.8 Å². The summed E-state index contributed by atoms with van der Waals surface area (Å²) in [6, 6.07) is 4.70. The molecule has 1 aromatic heterocycles. The molecule has 0 radical (unpaired) electrons. The van der Waals surface area contributed by atoms with E-state index in [0.29, 0.717) is 22.8 Å². The fraction of sp³-hybridized carbons (Fsp3) is 0.0833. The lowest BCUT2D eigenvalue weighted by Gasteiger charge is -2.12. The Balaban J connectivity index is 2.43. The summed E-state index contributed by atoms with van der Waals surface area (Å²) in [6.45, 7) is 0. The van der Waals surface area contributed by atoms with Crippen molar-refractivity contribution in [3.8, 4) is 5.75 Å². The van der Waals surface area contributed by atoms with Gasteiger partial charge in [-0.2, -0.15) is 4.98 Å². The van der Waals surface area contributed by atoms with Gasteiger partial charge in [0, 0.05) is 5.56 Å². The van der Waals surface area contributed by atoms with Gasteiger partial charge in [0.1, 0.15) is 10.8 Å². The maximum Gasteiger partial charge on any atom is 0.248 e. The van der Waals surface area contributed by atoms with Crippen LogP contribution < -0.4 is 15.8 Å². The van der Waals surface area contributed by atoms with Gasteiger partial charge in [0.15, 0.2) is 5.82 Å². The Labute approximate surface area is 124 Å². The van der Waals surface area contributed by atoms with E-state index < -0.39 is 5.91 Å². The minimum Gasteiger partial charge on any atom is -0.495 e. The van der Waals surface area contributed by atoms with Crippen molar-refractivity contribution in [1.29, 1.82) is 0 Å². The summed E-state index contributed by atoms with van der Waals surface area (Å²) in [5.41, 5.74) is 6.05. The number of benzene rings is 1. The zero-order valence-electron chi connectivity index (χ0n) is 10.4. The van der Waals surface area contributed by atoms with Crippen LogP contribution in [0.4, 0.5) is 11.5 Å². The number of anilines is 2. The fourth-order valence-electron chi connectivity index (χ4n) is 1.52. The van der Waals surface area contributed by atoms with E-state index in [0.717, 1.165) is 0 Å². The third-order valence-electron chi connectivity index (χ3n) is 2.45. The normalized spacial score (nSPS) is 10.2. The molecule has 1 amide bonds. The molecule has 20 heavy (non-hydrogen) atoms. The smallest absolute Gasteiger partial charge is 0.248 e. The van der Waals surface area contributed by atoms with Gasteiger partial charge in [-0.1, -0.05) is 11.6 Å². The molecule has 0 spiro atoms. The SMILES string of the molecule is COc1ccc(C(N)=O)cc1Nc1nc(Cl)ncc1Cl. The average Bonchev–Trinajstić information content (AvgIpc) is 2.42. The maximum atomic E-state index is 11.2. The van der Waals surface area contributed by atoms with Crippen molar-refractivity contribution < 1.29 is 9.53 Å². The average molecular weight is 313 g/mol. The van der Waals surface area contributed by atoms with Crippen LogP contribution in [-0.2, 0) is 0 Å². The molecule has 0 atom stereocenters. The summed E-state index contributed by atoms with van der Waals surface area (Å²) >= 11 is 11.7. The van der Waals surface area contributed by atoms with Crippen LogP contribution in [0.2, 0.25) is 10.3 Å². The zero-order valence-corrected chi connectivity index (χ0v) is 11.9. The van der Waals surface area contributed by atoms with E-state index >= 15 is 0 Å². The molecule has 104 valence electrons. The van der Waals surface area contributed by atoms with Crippen molar-refractivity contribution in [3.05, 3.63) is 40.3 Å². The number of aromatic nitrogens is 2. The third kappa shape index (κ3) is 3.09. The van der Waals surface area contributed by atoms with Gasteiger partial charge >= 0.3 is 0 Å². The zero-order chi connectivity index (χ0) is 14.7. The number of carbonyl (C=O) groups is 1. The molecule has 0 aliphatic heterocycles. The van der Waals surface area contributed by atoms with Gasteiger partial charge in [0.2, 0.25) is 11.2 Å². The maximum absolute atomic E-state index is 11.2. The topological polar surface area (TPSA) is 90.1 Å². The van der Waals surface area contributed by atoms with E-state index in [9.17, 15) is 4.79 Å². The van der Waals surface area contributed by atoms with Gasteiger partial charge in [0.25, 0.3) is 0 Å². The highest BCUT2D eigenvalue weighted by atomic mass is 35.5. The lowest BCUT2D eigenvalue weighted by atomic mass is 10.1. The Bertz CT molecular complexity index is 664. The molecule has 0 aliphatic rings. The number of nitrogens with one attached hydrogen (secondary N) is 1. The Morgan fingerprint density at radius 3 is 2.80 bits per heavy atom. The summed E-state index contributed by atoms with van der Waals surface area (Å²) < 4.78 is 5.19. The summed E-state index contributed by atoms with van der Waals surface area (Å²) in [4.78, 5) is 18.9. The van der Waals surface area contributed by atoms with E-state index in [2.05, 4.69) is 15.3 Å². The molecule has 0 unspecified atom stereocenters. The first-order chi connectivity index (χ1) is 9.51. The number of primary amides is 1. The highest BCUT2D eigenvalue weighted by molar-refractivity contribution is 6.33. The van der Waals surface area contributed by atoms with Crippen LogP contribution in [0.15, 0.2) is 24.4 Å². The molecule has 0 aliphatic carbocycles. The van der Waals surface area contributed by atoms with E-state index in [1.165, 1.54) is 19.4 Å². The Morgan fingerprint density at radius 1 is 1.40 bits per heavy atom. The van der Waals surface area contributed by atoms with E-state index in [-0.39, 0.29) is 10.3 Å². The van der Waals surface area contributed by atoms with Crippen LogP contribution in [0.25, 0.3) is 0 Å². The molecule has 2 rings (SSSR count).